The monoisotopic (exact) mass is 290 g/mol. The van der Waals surface area contributed by atoms with Gasteiger partial charge in [-0.15, -0.1) is 16.4 Å². The number of benzene rings is 1. The summed E-state index contributed by atoms with van der Waals surface area (Å²) in [5, 5.41) is 20.9. The molecule has 2 aromatic rings. The predicted octanol–water partition coefficient (Wildman–Crippen LogP) is 2.96. The van der Waals surface area contributed by atoms with Crippen molar-refractivity contribution in [2.75, 3.05) is 0 Å². The fraction of sp³-hybridized carbons (Fsp3) is 0.231. The van der Waals surface area contributed by atoms with Crippen LogP contribution >= 0.6 is 11.3 Å². The van der Waals surface area contributed by atoms with E-state index in [1.807, 2.05) is 36.9 Å². The molecule has 1 aromatic carbocycles. The summed E-state index contributed by atoms with van der Waals surface area (Å²) in [6.07, 6.45) is 0. The summed E-state index contributed by atoms with van der Waals surface area (Å²) in [5.74, 6) is 0. The molecule has 0 saturated carbocycles. The first-order valence-electron chi connectivity index (χ1n) is 5.93. The highest BCUT2D eigenvalue weighted by molar-refractivity contribution is 7.07. The van der Waals surface area contributed by atoms with Crippen molar-refractivity contribution in [3.8, 4) is 11.3 Å². The summed E-state index contributed by atoms with van der Waals surface area (Å²) in [5.41, 5.74) is 2.61. The molecule has 0 atom stereocenters. The van der Waals surface area contributed by atoms with Crippen molar-refractivity contribution in [1.29, 1.82) is 0 Å². The molecule has 0 spiro atoms. The van der Waals surface area contributed by atoms with Crippen molar-refractivity contribution in [1.82, 2.24) is 4.57 Å². The van der Waals surface area contributed by atoms with Gasteiger partial charge in [0.25, 0.3) is 5.69 Å². The molecule has 0 saturated heterocycles. The molecule has 6 nitrogen and oxygen atoms in total. The lowest BCUT2D eigenvalue weighted by molar-refractivity contribution is -0.384. The van der Waals surface area contributed by atoms with E-state index in [0.717, 1.165) is 21.8 Å². The molecule has 0 N–H and O–H groups in total. The SMILES string of the molecule is CC(C)=N/N=c1\scc(-c2cccc([N+](=O)[O-])c2)n1C. The number of aromatic nitrogens is 1. The second-order valence-electron chi connectivity index (χ2n) is 4.42. The van der Waals surface area contributed by atoms with Crippen LogP contribution in [0.5, 0.6) is 0 Å². The smallest absolute Gasteiger partial charge is 0.270 e. The Hall–Kier alpha value is -2.28. The van der Waals surface area contributed by atoms with Crippen molar-refractivity contribution in [3.63, 3.8) is 0 Å². The molecule has 104 valence electrons. The number of rotatable bonds is 3. The first kappa shape index (κ1) is 14.1. The van der Waals surface area contributed by atoms with Gasteiger partial charge in [-0.3, -0.25) is 10.1 Å². The molecular weight excluding hydrogens is 276 g/mol. The van der Waals surface area contributed by atoms with Gasteiger partial charge < -0.3 is 4.57 Å². The number of thiazole rings is 1. The van der Waals surface area contributed by atoms with Crippen LogP contribution in [0.1, 0.15) is 13.8 Å². The van der Waals surface area contributed by atoms with Gasteiger partial charge in [0, 0.05) is 35.8 Å². The number of nitrogens with zero attached hydrogens (tertiary/aromatic N) is 4. The maximum atomic E-state index is 10.8. The molecule has 0 fully saturated rings. The predicted molar refractivity (Wildman–Crippen MR) is 79.7 cm³/mol. The number of nitro benzene ring substituents is 1. The highest BCUT2D eigenvalue weighted by atomic mass is 32.1. The lowest BCUT2D eigenvalue weighted by Gasteiger charge is -2.02. The number of hydrogen-bond donors (Lipinski definition) is 0. The van der Waals surface area contributed by atoms with Gasteiger partial charge in [-0.25, -0.2) is 0 Å². The van der Waals surface area contributed by atoms with Crippen LogP contribution in [0, 0.1) is 10.1 Å². The Morgan fingerprint density at radius 2 is 2.15 bits per heavy atom. The maximum Gasteiger partial charge on any atom is 0.270 e. The van der Waals surface area contributed by atoms with Gasteiger partial charge in [-0.1, -0.05) is 12.1 Å². The van der Waals surface area contributed by atoms with Crippen molar-refractivity contribution >= 4 is 22.7 Å². The summed E-state index contributed by atoms with van der Waals surface area (Å²) in [6.45, 7) is 3.75. The van der Waals surface area contributed by atoms with Gasteiger partial charge in [0.05, 0.1) is 10.6 Å². The van der Waals surface area contributed by atoms with Crippen molar-refractivity contribution < 1.29 is 4.92 Å². The van der Waals surface area contributed by atoms with Gasteiger partial charge >= 0.3 is 0 Å². The molecule has 7 heteroatoms. The van der Waals surface area contributed by atoms with E-state index in [1.54, 1.807) is 12.1 Å². The van der Waals surface area contributed by atoms with E-state index in [2.05, 4.69) is 10.2 Å². The molecular formula is C13H14N4O2S. The second-order valence-corrected chi connectivity index (χ2v) is 5.25. The van der Waals surface area contributed by atoms with E-state index in [0.29, 0.717) is 0 Å². The van der Waals surface area contributed by atoms with Crippen LogP contribution in [0.3, 0.4) is 0 Å². The second kappa shape index (κ2) is 5.79. The van der Waals surface area contributed by atoms with Gasteiger partial charge in [0.15, 0.2) is 0 Å². The number of nitro groups is 1. The first-order chi connectivity index (χ1) is 9.49. The zero-order valence-electron chi connectivity index (χ0n) is 11.4. The van der Waals surface area contributed by atoms with Crippen molar-refractivity contribution in [3.05, 3.63) is 44.6 Å². The van der Waals surface area contributed by atoms with Crippen LogP contribution in [0.25, 0.3) is 11.3 Å². The quantitative estimate of drug-likeness (QED) is 0.495. The third-order valence-corrected chi connectivity index (χ3v) is 3.52. The molecule has 0 bridgehead atoms. The van der Waals surface area contributed by atoms with Crippen molar-refractivity contribution in [2.24, 2.45) is 17.3 Å². The van der Waals surface area contributed by atoms with Crippen LogP contribution in [0.4, 0.5) is 5.69 Å². The summed E-state index contributed by atoms with van der Waals surface area (Å²) in [6, 6.07) is 6.55. The maximum absolute atomic E-state index is 10.8. The molecule has 0 aliphatic rings. The standard InChI is InChI=1S/C13H14N4O2S/c1-9(2)14-15-13-16(3)12(8-20-13)10-5-4-6-11(7-10)17(18)19/h4-8H,1-3H3/b15-13-. The number of hydrogen-bond acceptors (Lipinski definition) is 5. The summed E-state index contributed by atoms with van der Waals surface area (Å²) >= 11 is 1.45. The molecule has 0 aliphatic heterocycles. The van der Waals surface area contributed by atoms with E-state index >= 15 is 0 Å². The van der Waals surface area contributed by atoms with E-state index in [1.165, 1.54) is 17.4 Å². The van der Waals surface area contributed by atoms with Crippen LogP contribution in [0.15, 0.2) is 39.8 Å². The molecule has 0 amide bonds. The zero-order chi connectivity index (χ0) is 14.7. The minimum absolute atomic E-state index is 0.0783. The largest absolute Gasteiger partial charge is 0.318 e. The molecule has 1 aromatic heterocycles. The van der Waals surface area contributed by atoms with Crippen LogP contribution in [-0.4, -0.2) is 15.2 Å². The minimum atomic E-state index is -0.397. The molecule has 2 rings (SSSR count). The highest BCUT2D eigenvalue weighted by Crippen LogP contribution is 2.23. The molecule has 0 aliphatic carbocycles. The average molecular weight is 290 g/mol. The van der Waals surface area contributed by atoms with E-state index in [-0.39, 0.29) is 5.69 Å². The van der Waals surface area contributed by atoms with Gasteiger partial charge in [-0.2, -0.15) is 5.10 Å². The Kier molecular flexibility index (Phi) is 4.09. The van der Waals surface area contributed by atoms with Crippen LogP contribution in [-0.2, 0) is 7.05 Å². The number of non-ortho nitro benzene ring substituents is 1. The van der Waals surface area contributed by atoms with Crippen LogP contribution in [0.2, 0.25) is 0 Å². The Morgan fingerprint density at radius 3 is 2.80 bits per heavy atom. The summed E-state index contributed by atoms with van der Waals surface area (Å²) < 4.78 is 1.87. The topological polar surface area (TPSA) is 72.8 Å². The molecule has 20 heavy (non-hydrogen) atoms. The van der Waals surface area contributed by atoms with Gasteiger partial charge in [0.1, 0.15) is 0 Å². The fourth-order valence-corrected chi connectivity index (χ4v) is 2.50. The highest BCUT2D eigenvalue weighted by Gasteiger charge is 2.10. The third-order valence-electron chi connectivity index (χ3n) is 2.61. The molecule has 0 unspecified atom stereocenters. The molecule has 0 radical (unpaired) electrons. The summed E-state index contributed by atoms with van der Waals surface area (Å²) in [4.78, 5) is 11.2. The lowest BCUT2D eigenvalue weighted by atomic mass is 10.1. The average Bonchev–Trinajstić information content (AvgIpc) is 2.78. The van der Waals surface area contributed by atoms with Crippen molar-refractivity contribution in [2.45, 2.75) is 13.8 Å². The van der Waals surface area contributed by atoms with E-state index < -0.39 is 4.92 Å². The van der Waals surface area contributed by atoms with E-state index in [4.69, 9.17) is 0 Å². The Bertz CT molecular complexity index is 739. The minimum Gasteiger partial charge on any atom is -0.318 e. The Labute approximate surface area is 119 Å². The first-order valence-corrected chi connectivity index (χ1v) is 6.81. The lowest BCUT2D eigenvalue weighted by Crippen LogP contribution is -2.11. The third kappa shape index (κ3) is 3.00. The van der Waals surface area contributed by atoms with Crippen LogP contribution < -0.4 is 4.80 Å². The Morgan fingerprint density at radius 1 is 1.40 bits per heavy atom. The van der Waals surface area contributed by atoms with E-state index in [9.17, 15) is 10.1 Å². The summed E-state index contributed by atoms with van der Waals surface area (Å²) in [7, 11) is 1.87. The van der Waals surface area contributed by atoms with Gasteiger partial charge in [0.2, 0.25) is 4.80 Å². The van der Waals surface area contributed by atoms with Gasteiger partial charge in [-0.05, 0) is 13.8 Å². The fourth-order valence-electron chi connectivity index (χ4n) is 1.64. The normalized spacial score (nSPS) is 11.4. The Balaban J connectivity index is 2.50. The zero-order valence-corrected chi connectivity index (χ0v) is 12.2. The molecule has 1 heterocycles.